The van der Waals surface area contributed by atoms with E-state index in [9.17, 15) is 18.0 Å². The molecule has 90 valence electrons. The number of aryl methyl sites for hydroxylation is 1. The first kappa shape index (κ1) is 12.7. The number of nitrogens with zero attached hydrogens (tertiary/aromatic N) is 2. The van der Waals surface area contributed by atoms with Crippen molar-refractivity contribution in [2.45, 2.75) is 19.1 Å². The van der Waals surface area contributed by atoms with Crippen molar-refractivity contribution in [3.8, 4) is 0 Å². The van der Waals surface area contributed by atoms with Gasteiger partial charge in [0.25, 0.3) is 5.78 Å². The summed E-state index contributed by atoms with van der Waals surface area (Å²) in [5.41, 5.74) is -0.440. The minimum atomic E-state index is -4.85. The average molecular weight is 236 g/mol. The van der Waals surface area contributed by atoms with Gasteiger partial charge in [-0.2, -0.15) is 18.3 Å². The van der Waals surface area contributed by atoms with Gasteiger partial charge in [-0.15, -0.1) is 0 Å². The SMILES string of the molecule is COCCCn1cc(C(=O)C(F)(F)F)cn1. The Kier molecular flexibility index (Phi) is 4.05. The second-order valence-electron chi connectivity index (χ2n) is 3.17. The van der Waals surface area contributed by atoms with E-state index in [0.717, 1.165) is 12.4 Å². The number of carbonyl (C=O) groups is 1. The molecule has 7 heteroatoms. The van der Waals surface area contributed by atoms with Crippen LogP contribution in [0.5, 0.6) is 0 Å². The Balaban J connectivity index is 2.61. The molecule has 0 unspecified atom stereocenters. The van der Waals surface area contributed by atoms with Crippen LogP contribution in [0.3, 0.4) is 0 Å². The quantitative estimate of drug-likeness (QED) is 0.577. The lowest BCUT2D eigenvalue weighted by Crippen LogP contribution is -2.22. The largest absolute Gasteiger partial charge is 0.454 e. The van der Waals surface area contributed by atoms with E-state index in [2.05, 4.69) is 5.10 Å². The molecule has 16 heavy (non-hydrogen) atoms. The maximum Gasteiger partial charge on any atom is 0.454 e. The van der Waals surface area contributed by atoms with Gasteiger partial charge >= 0.3 is 6.18 Å². The number of methoxy groups -OCH3 is 1. The monoisotopic (exact) mass is 236 g/mol. The van der Waals surface area contributed by atoms with Gasteiger partial charge < -0.3 is 4.74 Å². The second kappa shape index (κ2) is 5.11. The third-order valence-electron chi connectivity index (χ3n) is 1.89. The van der Waals surface area contributed by atoms with Crippen LogP contribution >= 0.6 is 0 Å². The molecule has 0 saturated heterocycles. The van der Waals surface area contributed by atoms with Crippen molar-refractivity contribution in [2.24, 2.45) is 0 Å². The fourth-order valence-electron chi connectivity index (χ4n) is 1.14. The van der Waals surface area contributed by atoms with E-state index >= 15 is 0 Å². The zero-order valence-corrected chi connectivity index (χ0v) is 8.62. The van der Waals surface area contributed by atoms with Gasteiger partial charge in [-0.25, -0.2) is 0 Å². The van der Waals surface area contributed by atoms with Gasteiger partial charge in [-0.3, -0.25) is 9.48 Å². The highest BCUT2D eigenvalue weighted by molar-refractivity contribution is 5.99. The predicted octanol–water partition coefficient (Wildman–Crippen LogP) is 1.66. The molecule has 1 rings (SSSR count). The molecule has 0 aromatic carbocycles. The van der Waals surface area contributed by atoms with E-state index in [0.29, 0.717) is 19.6 Å². The number of hydrogen-bond acceptors (Lipinski definition) is 3. The summed E-state index contributed by atoms with van der Waals surface area (Å²) in [6.07, 6.45) is -2.22. The Morgan fingerprint density at radius 3 is 2.81 bits per heavy atom. The number of carbonyl (C=O) groups excluding carboxylic acids is 1. The van der Waals surface area contributed by atoms with Gasteiger partial charge in [0, 0.05) is 26.5 Å². The van der Waals surface area contributed by atoms with Gasteiger partial charge in [0.15, 0.2) is 0 Å². The Labute approximate surface area is 90.0 Å². The second-order valence-corrected chi connectivity index (χ2v) is 3.17. The molecule has 0 aliphatic rings. The summed E-state index contributed by atoms with van der Waals surface area (Å²) < 4.78 is 42.2. The number of ether oxygens (including phenoxy) is 1. The molecular formula is C9H11F3N2O2. The number of rotatable bonds is 5. The van der Waals surface area contributed by atoms with Crippen LogP contribution in [0.25, 0.3) is 0 Å². The first-order chi connectivity index (χ1) is 7.45. The third-order valence-corrected chi connectivity index (χ3v) is 1.89. The van der Waals surface area contributed by atoms with Gasteiger partial charge in [0.05, 0.1) is 11.8 Å². The molecule has 0 bridgehead atoms. The van der Waals surface area contributed by atoms with Crippen molar-refractivity contribution < 1.29 is 22.7 Å². The highest BCUT2D eigenvalue weighted by Crippen LogP contribution is 2.20. The molecule has 0 N–H and O–H groups in total. The topological polar surface area (TPSA) is 44.1 Å². The van der Waals surface area contributed by atoms with E-state index in [-0.39, 0.29) is 0 Å². The van der Waals surface area contributed by atoms with Crippen LogP contribution < -0.4 is 0 Å². The van der Waals surface area contributed by atoms with Crippen LogP contribution in [0.2, 0.25) is 0 Å². The summed E-state index contributed by atoms with van der Waals surface area (Å²) in [4.78, 5) is 10.8. The Bertz CT molecular complexity index is 360. The summed E-state index contributed by atoms with van der Waals surface area (Å²) in [7, 11) is 1.53. The smallest absolute Gasteiger partial charge is 0.385 e. The molecule has 0 aliphatic carbocycles. The van der Waals surface area contributed by atoms with Crippen molar-refractivity contribution in [3.05, 3.63) is 18.0 Å². The number of ketones is 1. The summed E-state index contributed by atoms with van der Waals surface area (Å²) in [6.45, 7) is 0.904. The van der Waals surface area contributed by atoms with Crippen molar-refractivity contribution in [3.63, 3.8) is 0 Å². The number of hydrogen-bond donors (Lipinski definition) is 0. The summed E-state index contributed by atoms with van der Waals surface area (Å²) >= 11 is 0. The van der Waals surface area contributed by atoms with Crippen LogP contribution in [-0.4, -0.2) is 35.5 Å². The van der Waals surface area contributed by atoms with Gasteiger partial charge in [0.2, 0.25) is 0 Å². The highest BCUT2D eigenvalue weighted by Gasteiger charge is 2.39. The van der Waals surface area contributed by atoms with E-state index in [1.165, 1.54) is 11.8 Å². The summed E-state index contributed by atoms with van der Waals surface area (Å²) in [5.74, 6) is -1.87. The van der Waals surface area contributed by atoms with Crippen LogP contribution in [-0.2, 0) is 11.3 Å². The predicted molar refractivity (Wildman–Crippen MR) is 49.1 cm³/mol. The summed E-state index contributed by atoms with van der Waals surface area (Å²) in [5, 5.41) is 3.66. The summed E-state index contributed by atoms with van der Waals surface area (Å²) in [6, 6.07) is 0. The van der Waals surface area contributed by atoms with Crippen molar-refractivity contribution in [2.75, 3.05) is 13.7 Å². The molecule has 0 spiro atoms. The zero-order valence-electron chi connectivity index (χ0n) is 8.62. The van der Waals surface area contributed by atoms with Crippen LogP contribution in [0, 0.1) is 0 Å². The van der Waals surface area contributed by atoms with Crippen LogP contribution in [0.1, 0.15) is 16.8 Å². The number of Topliss-reactive ketones (excluding diaryl/α,β-unsaturated/α-hetero) is 1. The van der Waals surface area contributed by atoms with Gasteiger partial charge in [0.1, 0.15) is 0 Å². The lowest BCUT2D eigenvalue weighted by atomic mass is 10.2. The Hall–Kier alpha value is -1.37. The minimum Gasteiger partial charge on any atom is -0.385 e. The minimum absolute atomic E-state index is 0.416. The van der Waals surface area contributed by atoms with Crippen molar-refractivity contribution in [1.82, 2.24) is 9.78 Å². The number of aromatic nitrogens is 2. The maximum absolute atomic E-state index is 12.0. The normalized spacial score (nSPS) is 11.8. The maximum atomic E-state index is 12.0. The average Bonchev–Trinajstić information content (AvgIpc) is 2.64. The number of alkyl halides is 3. The molecule has 1 aromatic rings. The van der Waals surface area contributed by atoms with Gasteiger partial charge in [-0.1, -0.05) is 0 Å². The molecule has 0 atom stereocenters. The van der Waals surface area contributed by atoms with E-state index in [4.69, 9.17) is 4.74 Å². The first-order valence-corrected chi connectivity index (χ1v) is 4.58. The third kappa shape index (κ3) is 3.34. The molecule has 0 saturated carbocycles. The lowest BCUT2D eigenvalue weighted by molar-refractivity contribution is -0.0885. The Morgan fingerprint density at radius 2 is 2.25 bits per heavy atom. The number of halogens is 3. The fraction of sp³-hybridized carbons (Fsp3) is 0.556. The van der Waals surface area contributed by atoms with Gasteiger partial charge in [-0.05, 0) is 6.42 Å². The zero-order chi connectivity index (χ0) is 12.2. The highest BCUT2D eigenvalue weighted by atomic mass is 19.4. The lowest BCUT2D eigenvalue weighted by Gasteiger charge is -2.02. The van der Waals surface area contributed by atoms with Crippen molar-refractivity contribution in [1.29, 1.82) is 0 Å². The van der Waals surface area contributed by atoms with E-state index in [1.807, 2.05) is 0 Å². The van der Waals surface area contributed by atoms with E-state index < -0.39 is 17.5 Å². The molecule has 0 fully saturated rings. The molecular weight excluding hydrogens is 225 g/mol. The fourth-order valence-corrected chi connectivity index (χ4v) is 1.14. The van der Waals surface area contributed by atoms with Crippen LogP contribution in [0.15, 0.2) is 12.4 Å². The molecule has 0 amide bonds. The Morgan fingerprint density at radius 1 is 1.56 bits per heavy atom. The molecule has 4 nitrogen and oxygen atoms in total. The standard InChI is InChI=1S/C9H11F3N2O2/c1-16-4-2-3-14-6-7(5-13-14)8(15)9(10,11)12/h5-6H,2-4H2,1H3. The van der Waals surface area contributed by atoms with Crippen LogP contribution in [0.4, 0.5) is 13.2 Å². The molecule has 0 radical (unpaired) electrons. The van der Waals surface area contributed by atoms with Crippen molar-refractivity contribution >= 4 is 5.78 Å². The van der Waals surface area contributed by atoms with E-state index in [1.54, 1.807) is 0 Å². The first-order valence-electron chi connectivity index (χ1n) is 4.58. The molecule has 1 heterocycles. The molecule has 1 aromatic heterocycles. The molecule has 0 aliphatic heterocycles.